The van der Waals surface area contributed by atoms with Crippen LogP contribution in [0, 0.1) is 11.7 Å². The molecule has 0 aliphatic carbocycles. The van der Waals surface area contributed by atoms with Gasteiger partial charge in [-0.3, -0.25) is 9.59 Å². The highest BCUT2D eigenvalue weighted by atomic mass is 35.5. The predicted molar refractivity (Wildman–Crippen MR) is 104 cm³/mol. The number of nitrogens with one attached hydrogen (secondary N) is 2. The Balaban J connectivity index is 0.00000210. The van der Waals surface area contributed by atoms with Gasteiger partial charge in [-0.2, -0.15) is 0 Å². The molecule has 1 aromatic heterocycles. The summed E-state index contributed by atoms with van der Waals surface area (Å²) < 4.78 is 15.1. The van der Waals surface area contributed by atoms with Crippen molar-refractivity contribution in [3.63, 3.8) is 0 Å². The average Bonchev–Trinajstić information content (AvgIpc) is 2.62. The van der Waals surface area contributed by atoms with Gasteiger partial charge in [-0.05, 0) is 36.1 Å². The summed E-state index contributed by atoms with van der Waals surface area (Å²) in [7, 11) is 0. The number of hydrogen-bond acceptors (Lipinski definition) is 3. The average molecular weight is 392 g/mol. The highest BCUT2D eigenvalue weighted by molar-refractivity contribution is 5.85. The van der Waals surface area contributed by atoms with Crippen LogP contribution in [0.25, 0.3) is 0 Å². The number of benzene rings is 1. The molecule has 1 fully saturated rings. The monoisotopic (exact) mass is 391 g/mol. The van der Waals surface area contributed by atoms with Crippen molar-refractivity contribution in [1.29, 1.82) is 0 Å². The number of hydrogen-bond donors (Lipinski definition) is 2. The second-order valence-corrected chi connectivity index (χ2v) is 7.19. The summed E-state index contributed by atoms with van der Waals surface area (Å²) in [6.07, 6.45) is 1.16. The summed E-state index contributed by atoms with van der Waals surface area (Å²) in [5, 5.41) is 6.38. The number of halogens is 2. The van der Waals surface area contributed by atoms with Crippen molar-refractivity contribution in [2.75, 3.05) is 19.6 Å². The largest absolute Gasteiger partial charge is 0.354 e. The Morgan fingerprint density at radius 1 is 1.22 bits per heavy atom. The van der Waals surface area contributed by atoms with Crippen LogP contribution in [0.3, 0.4) is 0 Å². The van der Waals surface area contributed by atoms with E-state index in [1.165, 1.54) is 12.1 Å². The number of aromatic nitrogens is 1. The van der Waals surface area contributed by atoms with Crippen molar-refractivity contribution in [2.45, 2.75) is 24.8 Å². The number of carbonyl (C=O) groups is 1. The standard InChI is InChI=1S/C20H22FN3O2.ClH/c21-16-4-1-3-13(7-16)8-19(25)23-12-18-15-9-14(10-22-11-15)17-5-2-6-20(26)24(17)18;/h1-7,14-15,18,22H,8-12H2,(H,23,25);1H/t14-,15+,18+;/m1./s1. The van der Waals surface area contributed by atoms with Gasteiger partial charge in [0.05, 0.1) is 12.5 Å². The van der Waals surface area contributed by atoms with Crippen LogP contribution in [0.4, 0.5) is 4.39 Å². The SMILES string of the molecule is Cl.O=C(Cc1cccc(F)c1)NC[C@H]1[C@@H]2CNC[C@@H](C2)c2cccc(=O)n21. The van der Waals surface area contributed by atoms with Crippen molar-refractivity contribution < 1.29 is 9.18 Å². The van der Waals surface area contributed by atoms with E-state index in [-0.39, 0.29) is 42.2 Å². The van der Waals surface area contributed by atoms with Crippen LogP contribution >= 0.6 is 12.4 Å². The van der Waals surface area contributed by atoms with E-state index in [0.717, 1.165) is 25.2 Å². The smallest absolute Gasteiger partial charge is 0.251 e. The fourth-order valence-corrected chi connectivity index (χ4v) is 4.28. The Labute approximate surface area is 163 Å². The van der Waals surface area contributed by atoms with Crippen molar-refractivity contribution in [3.8, 4) is 0 Å². The second-order valence-electron chi connectivity index (χ2n) is 7.19. The van der Waals surface area contributed by atoms with Crippen LogP contribution in [0.1, 0.15) is 29.6 Å². The molecular formula is C20H23ClFN3O2. The Kier molecular flexibility index (Phi) is 5.97. The fraction of sp³-hybridized carbons (Fsp3) is 0.400. The molecule has 27 heavy (non-hydrogen) atoms. The first-order valence-corrected chi connectivity index (χ1v) is 9.05. The second kappa shape index (κ2) is 8.23. The molecular weight excluding hydrogens is 369 g/mol. The highest BCUT2D eigenvalue weighted by Gasteiger charge is 2.37. The van der Waals surface area contributed by atoms with Crippen LogP contribution in [0.15, 0.2) is 47.3 Å². The Morgan fingerprint density at radius 3 is 2.85 bits per heavy atom. The Hall–Kier alpha value is -2.18. The summed E-state index contributed by atoms with van der Waals surface area (Å²) >= 11 is 0. The summed E-state index contributed by atoms with van der Waals surface area (Å²) in [5.41, 5.74) is 1.68. The van der Waals surface area contributed by atoms with Crippen LogP contribution in [0.5, 0.6) is 0 Å². The van der Waals surface area contributed by atoms with Crippen molar-refractivity contribution in [2.24, 2.45) is 5.92 Å². The Morgan fingerprint density at radius 2 is 2.04 bits per heavy atom. The lowest BCUT2D eigenvalue weighted by Gasteiger charge is -2.43. The molecule has 0 spiro atoms. The van der Waals surface area contributed by atoms with Gasteiger partial charge < -0.3 is 15.2 Å². The van der Waals surface area contributed by atoms with E-state index in [9.17, 15) is 14.0 Å². The van der Waals surface area contributed by atoms with Gasteiger partial charge in [0, 0.05) is 37.3 Å². The molecule has 1 amide bonds. The zero-order valence-electron chi connectivity index (χ0n) is 14.9. The molecule has 2 aliphatic heterocycles. The fourth-order valence-electron chi connectivity index (χ4n) is 4.28. The molecule has 7 heteroatoms. The molecule has 0 saturated carbocycles. The maximum Gasteiger partial charge on any atom is 0.251 e. The van der Waals surface area contributed by atoms with E-state index in [0.29, 0.717) is 23.9 Å². The molecule has 5 nitrogen and oxygen atoms in total. The minimum Gasteiger partial charge on any atom is -0.354 e. The molecule has 3 heterocycles. The zero-order chi connectivity index (χ0) is 18.1. The molecule has 0 unspecified atom stereocenters. The van der Waals surface area contributed by atoms with Crippen LogP contribution in [0.2, 0.25) is 0 Å². The molecule has 2 N–H and O–H groups in total. The maximum atomic E-state index is 13.3. The van der Waals surface area contributed by atoms with Crippen LogP contribution < -0.4 is 16.2 Å². The number of piperidine rings is 1. The third kappa shape index (κ3) is 4.06. The van der Waals surface area contributed by atoms with E-state index >= 15 is 0 Å². The van der Waals surface area contributed by atoms with E-state index in [1.807, 2.05) is 16.7 Å². The summed E-state index contributed by atoms with van der Waals surface area (Å²) in [6.45, 7) is 2.14. The predicted octanol–water partition coefficient (Wildman–Crippen LogP) is 2.02. The number of pyridine rings is 1. The number of nitrogens with zero attached hydrogens (tertiary/aromatic N) is 1. The van der Waals surface area contributed by atoms with Crippen molar-refractivity contribution in [3.05, 3.63) is 69.9 Å². The highest BCUT2D eigenvalue weighted by Crippen LogP contribution is 2.38. The summed E-state index contributed by atoms with van der Waals surface area (Å²) in [4.78, 5) is 24.8. The van der Waals surface area contributed by atoms with Crippen LogP contribution in [-0.2, 0) is 11.2 Å². The minimum atomic E-state index is -0.345. The molecule has 2 aromatic rings. The first-order chi connectivity index (χ1) is 12.6. The quantitative estimate of drug-likeness (QED) is 0.838. The van der Waals surface area contributed by atoms with Gasteiger partial charge in [-0.25, -0.2) is 4.39 Å². The molecule has 2 bridgehead atoms. The van der Waals surface area contributed by atoms with Gasteiger partial charge in [0.2, 0.25) is 5.91 Å². The lowest BCUT2D eigenvalue weighted by Crippen LogP contribution is -2.50. The third-order valence-electron chi connectivity index (χ3n) is 5.46. The number of amides is 1. The van der Waals surface area contributed by atoms with Gasteiger partial charge in [0.1, 0.15) is 5.82 Å². The third-order valence-corrected chi connectivity index (χ3v) is 5.46. The zero-order valence-corrected chi connectivity index (χ0v) is 15.7. The normalized spacial score (nSPS) is 23.1. The first-order valence-electron chi connectivity index (χ1n) is 9.05. The Bertz CT molecular complexity index is 886. The van der Waals surface area contributed by atoms with E-state index in [1.54, 1.807) is 18.2 Å². The van der Waals surface area contributed by atoms with Crippen LogP contribution in [-0.4, -0.2) is 30.1 Å². The summed E-state index contributed by atoms with van der Waals surface area (Å²) in [5.74, 6) is 0.159. The lowest BCUT2D eigenvalue weighted by atomic mass is 9.79. The number of rotatable bonds is 4. The summed E-state index contributed by atoms with van der Waals surface area (Å²) in [6, 6.07) is 11.4. The van der Waals surface area contributed by atoms with E-state index in [4.69, 9.17) is 0 Å². The first kappa shape index (κ1) is 19.6. The maximum absolute atomic E-state index is 13.3. The lowest BCUT2D eigenvalue weighted by molar-refractivity contribution is -0.120. The van der Waals surface area contributed by atoms with E-state index in [2.05, 4.69) is 10.6 Å². The molecule has 144 valence electrons. The van der Waals surface area contributed by atoms with Crippen molar-refractivity contribution in [1.82, 2.24) is 15.2 Å². The van der Waals surface area contributed by atoms with E-state index < -0.39 is 0 Å². The minimum absolute atomic E-state index is 0. The van der Waals surface area contributed by atoms with Gasteiger partial charge in [-0.1, -0.05) is 18.2 Å². The number of fused-ring (bicyclic) bond motifs is 4. The molecule has 0 radical (unpaired) electrons. The van der Waals surface area contributed by atoms with Gasteiger partial charge in [0.25, 0.3) is 5.56 Å². The molecule has 4 rings (SSSR count). The number of carbonyl (C=O) groups excluding carboxylic acids is 1. The molecule has 2 aliphatic rings. The topological polar surface area (TPSA) is 63.1 Å². The molecule has 1 aromatic carbocycles. The van der Waals surface area contributed by atoms with Gasteiger partial charge in [-0.15, -0.1) is 12.4 Å². The molecule has 3 atom stereocenters. The van der Waals surface area contributed by atoms with Crippen molar-refractivity contribution >= 4 is 18.3 Å². The van der Waals surface area contributed by atoms with Gasteiger partial charge in [0.15, 0.2) is 0 Å². The van der Waals surface area contributed by atoms with Gasteiger partial charge >= 0.3 is 0 Å². The molecule has 1 saturated heterocycles.